The molecule has 124 valence electrons. The standard InChI is InChI=1S/C16H25N3O2.HI/c1-5-21-15-9-12(6-7-14(15)20-4)10-18-16(17-3)19-13-8-11(13)2;/h6-7,9,11,13H,5,8,10H2,1-4H3,(H2,17,18,19);1H. The molecule has 0 amide bonds. The van der Waals surface area contributed by atoms with Crippen LogP contribution in [0.15, 0.2) is 23.2 Å². The molecule has 1 aliphatic rings. The molecule has 1 aromatic carbocycles. The predicted molar refractivity (Wildman–Crippen MR) is 100 cm³/mol. The minimum Gasteiger partial charge on any atom is -0.493 e. The fourth-order valence-electron chi connectivity index (χ4n) is 2.18. The molecule has 1 saturated carbocycles. The summed E-state index contributed by atoms with van der Waals surface area (Å²) in [5.74, 6) is 3.13. The van der Waals surface area contributed by atoms with Crippen LogP contribution in [-0.4, -0.2) is 32.8 Å². The molecule has 2 N–H and O–H groups in total. The summed E-state index contributed by atoms with van der Waals surface area (Å²) >= 11 is 0. The largest absolute Gasteiger partial charge is 0.493 e. The molecule has 2 unspecified atom stereocenters. The first-order valence-corrected chi connectivity index (χ1v) is 7.44. The maximum atomic E-state index is 5.59. The summed E-state index contributed by atoms with van der Waals surface area (Å²) in [4.78, 5) is 4.25. The smallest absolute Gasteiger partial charge is 0.191 e. The van der Waals surface area contributed by atoms with Crippen molar-refractivity contribution in [3.8, 4) is 11.5 Å². The lowest BCUT2D eigenvalue weighted by Gasteiger charge is -2.14. The first-order valence-electron chi connectivity index (χ1n) is 7.44. The van der Waals surface area contributed by atoms with Crippen LogP contribution in [-0.2, 0) is 6.54 Å². The molecule has 5 nitrogen and oxygen atoms in total. The predicted octanol–water partition coefficient (Wildman–Crippen LogP) is 2.79. The van der Waals surface area contributed by atoms with Crippen LogP contribution in [0.2, 0.25) is 0 Å². The van der Waals surface area contributed by atoms with Crippen molar-refractivity contribution in [2.75, 3.05) is 20.8 Å². The van der Waals surface area contributed by atoms with Crippen LogP contribution in [0.4, 0.5) is 0 Å². The van der Waals surface area contributed by atoms with Crippen molar-refractivity contribution in [2.45, 2.75) is 32.9 Å². The van der Waals surface area contributed by atoms with Crippen LogP contribution in [0.1, 0.15) is 25.8 Å². The first-order chi connectivity index (χ1) is 10.2. The molecule has 6 heteroatoms. The van der Waals surface area contributed by atoms with E-state index in [1.807, 2.05) is 25.1 Å². The summed E-state index contributed by atoms with van der Waals surface area (Å²) in [5.41, 5.74) is 1.13. The van der Waals surface area contributed by atoms with Gasteiger partial charge in [-0.3, -0.25) is 4.99 Å². The fourth-order valence-corrected chi connectivity index (χ4v) is 2.18. The van der Waals surface area contributed by atoms with E-state index < -0.39 is 0 Å². The van der Waals surface area contributed by atoms with E-state index in [1.54, 1.807) is 14.2 Å². The third kappa shape index (κ3) is 5.23. The number of hydrogen-bond acceptors (Lipinski definition) is 3. The first kappa shape index (κ1) is 18.9. The number of hydrogen-bond donors (Lipinski definition) is 2. The van der Waals surface area contributed by atoms with Crippen LogP contribution >= 0.6 is 24.0 Å². The van der Waals surface area contributed by atoms with Crippen LogP contribution < -0.4 is 20.1 Å². The second-order valence-electron chi connectivity index (χ2n) is 5.31. The Morgan fingerprint density at radius 3 is 2.64 bits per heavy atom. The monoisotopic (exact) mass is 419 g/mol. The third-order valence-corrected chi connectivity index (χ3v) is 3.64. The fraction of sp³-hybridized carbons (Fsp3) is 0.562. The Kier molecular flexibility index (Phi) is 7.78. The van der Waals surface area contributed by atoms with Gasteiger partial charge in [-0.05, 0) is 37.0 Å². The Morgan fingerprint density at radius 2 is 2.09 bits per heavy atom. The molecule has 0 bridgehead atoms. The summed E-state index contributed by atoms with van der Waals surface area (Å²) in [6.07, 6.45) is 1.22. The van der Waals surface area contributed by atoms with Gasteiger partial charge in [-0.25, -0.2) is 0 Å². The van der Waals surface area contributed by atoms with Crippen molar-refractivity contribution >= 4 is 29.9 Å². The van der Waals surface area contributed by atoms with Gasteiger partial charge in [-0.15, -0.1) is 24.0 Å². The van der Waals surface area contributed by atoms with Crippen LogP contribution in [0.25, 0.3) is 0 Å². The summed E-state index contributed by atoms with van der Waals surface area (Å²) in [6.45, 7) is 5.52. The highest BCUT2D eigenvalue weighted by Gasteiger charge is 2.33. The van der Waals surface area contributed by atoms with Crippen molar-refractivity contribution in [2.24, 2.45) is 10.9 Å². The highest BCUT2D eigenvalue weighted by Crippen LogP contribution is 2.29. The van der Waals surface area contributed by atoms with Crippen molar-refractivity contribution in [3.05, 3.63) is 23.8 Å². The number of nitrogens with one attached hydrogen (secondary N) is 2. The average Bonchev–Trinajstić information content (AvgIpc) is 3.19. The Hall–Kier alpha value is -1.18. The molecule has 0 aromatic heterocycles. The van der Waals surface area contributed by atoms with E-state index in [4.69, 9.17) is 9.47 Å². The second kappa shape index (κ2) is 9.07. The number of benzene rings is 1. The minimum atomic E-state index is 0. The molecule has 22 heavy (non-hydrogen) atoms. The lowest BCUT2D eigenvalue weighted by molar-refractivity contribution is 0.310. The van der Waals surface area contributed by atoms with Gasteiger partial charge in [0, 0.05) is 19.6 Å². The number of guanidine groups is 1. The van der Waals surface area contributed by atoms with Gasteiger partial charge < -0.3 is 20.1 Å². The third-order valence-electron chi connectivity index (χ3n) is 3.64. The van der Waals surface area contributed by atoms with E-state index in [0.29, 0.717) is 19.2 Å². The quantitative estimate of drug-likeness (QED) is 0.423. The van der Waals surface area contributed by atoms with Crippen LogP contribution in [0.5, 0.6) is 11.5 Å². The molecule has 1 fully saturated rings. The molecule has 2 atom stereocenters. The maximum absolute atomic E-state index is 5.59. The summed E-state index contributed by atoms with van der Waals surface area (Å²) in [6, 6.07) is 6.52. The Morgan fingerprint density at radius 1 is 1.36 bits per heavy atom. The normalized spacial score (nSPS) is 19.9. The minimum absolute atomic E-state index is 0. The molecule has 0 radical (unpaired) electrons. The molecular formula is C16H26IN3O2. The van der Waals surface area contributed by atoms with Gasteiger partial charge in [0.15, 0.2) is 17.5 Å². The zero-order chi connectivity index (χ0) is 15.2. The topological polar surface area (TPSA) is 54.9 Å². The Bertz CT molecular complexity index is 508. The van der Waals surface area contributed by atoms with E-state index in [9.17, 15) is 0 Å². The molecule has 0 spiro atoms. The number of halogens is 1. The number of aliphatic imine (C=N–C) groups is 1. The lowest BCUT2D eigenvalue weighted by atomic mass is 10.2. The molecule has 0 heterocycles. The van der Waals surface area contributed by atoms with E-state index in [-0.39, 0.29) is 24.0 Å². The van der Waals surface area contributed by atoms with Crippen molar-refractivity contribution in [1.29, 1.82) is 0 Å². The van der Waals surface area contributed by atoms with Gasteiger partial charge in [0.05, 0.1) is 13.7 Å². The number of rotatable bonds is 6. The molecule has 1 aromatic rings. The van der Waals surface area contributed by atoms with Crippen LogP contribution in [0, 0.1) is 5.92 Å². The van der Waals surface area contributed by atoms with Crippen molar-refractivity contribution in [1.82, 2.24) is 10.6 Å². The zero-order valence-electron chi connectivity index (χ0n) is 13.7. The van der Waals surface area contributed by atoms with E-state index in [0.717, 1.165) is 28.9 Å². The van der Waals surface area contributed by atoms with E-state index >= 15 is 0 Å². The Balaban J connectivity index is 0.00000242. The van der Waals surface area contributed by atoms with Gasteiger partial charge in [0.25, 0.3) is 0 Å². The summed E-state index contributed by atoms with van der Waals surface area (Å²) in [5, 5.41) is 6.73. The Labute approximate surface area is 149 Å². The average molecular weight is 419 g/mol. The van der Waals surface area contributed by atoms with E-state index in [2.05, 4.69) is 22.5 Å². The molecule has 1 aliphatic carbocycles. The SMILES string of the molecule is CCOc1cc(CNC(=NC)NC2CC2C)ccc1OC.I. The molecular weight excluding hydrogens is 393 g/mol. The maximum Gasteiger partial charge on any atom is 0.191 e. The van der Waals surface area contributed by atoms with Gasteiger partial charge in [0.1, 0.15) is 0 Å². The lowest BCUT2D eigenvalue weighted by Crippen LogP contribution is -2.38. The zero-order valence-corrected chi connectivity index (χ0v) is 16.0. The second-order valence-corrected chi connectivity index (χ2v) is 5.31. The molecule has 0 saturated heterocycles. The van der Waals surface area contributed by atoms with Crippen molar-refractivity contribution in [3.63, 3.8) is 0 Å². The highest BCUT2D eigenvalue weighted by atomic mass is 127. The van der Waals surface area contributed by atoms with Gasteiger partial charge in [-0.2, -0.15) is 0 Å². The van der Waals surface area contributed by atoms with Gasteiger partial charge in [-0.1, -0.05) is 13.0 Å². The highest BCUT2D eigenvalue weighted by molar-refractivity contribution is 14.0. The summed E-state index contributed by atoms with van der Waals surface area (Å²) < 4.78 is 10.9. The number of ether oxygens (including phenoxy) is 2. The molecule has 0 aliphatic heterocycles. The summed E-state index contributed by atoms with van der Waals surface area (Å²) in [7, 11) is 3.44. The molecule has 2 rings (SSSR count). The van der Waals surface area contributed by atoms with Crippen LogP contribution in [0.3, 0.4) is 0 Å². The van der Waals surface area contributed by atoms with E-state index in [1.165, 1.54) is 6.42 Å². The van der Waals surface area contributed by atoms with Crippen molar-refractivity contribution < 1.29 is 9.47 Å². The van der Waals surface area contributed by atoms with Gasteiger partial charge in [0.2, 0.25) is 0 Å². The number of methoxy groups -OCH3 is 1. The number of nitrogens with zero attached hydrogens (tertiary/aromatic N) is 1. The van der Waals surface area contributed by atoms with Gasteiger partial charge >= 0.3 is 0 Å².